The molecule has 6 rings (SSSR count). The Bertz CT molecular complexity index is 1840. The molecule has 36 heavy (non-hydrogen) atoms. The van der Waals surface area contributed by atoms with E-state index in [0.717, 1.165) is 16.7 Å². The fourth-order valence-corrected chi connectivity index (χ4v) is 4.34. The number of fused-ring (bicyclic) bond motifs is 3. The standard InChI is InChI=1S/C30H21NO5/c1-17-8-10-23-21(12-17)27(32)20(16-34-23)14-25-26-28(33)22-13-18(2)9-11-24(22)35-29(26)30(36-25)31-15-19-6-4-3-5-7-19/h3-14,16H,15H2,1-2H3/b25-14-,31-30?. The van der Waals surface area contributed by atoms with Crippen molar-refractivity contribution in [3.63, 3.8) is 0 Å². The molecule has 1 aliphatic rings. The van der Waals surface area contributed by atoms with Gasteiger partial charge in [-0.25, -0.2) is 4.99 Å². The largest absolute Gasteiger partial charge is 0.463 e. The van der Waals surface area contributed by atoms with E-state index in [-0.39, 0.29) is 39.4 Å². The Balaban J connectivity index is 1.55. The van der Waals surface area contributed by atoms with Crippen LogP contribution in [0.5, 0.6) is 0 Å². The van der Waals surface area contributed by atoms with E-state index in [1.54, 1.807) is 24.3 Å². The second kappa shape index (κ2) is 8.50. The minimum Gasteiger partial charge on any atom is -0.463 e. The van der Waals surface area contributed by atoms with Gasteiger partial charge in [-0.05, 0) is 49.8 Å². The van der Waals surface area contributed by atoms with Crippen molar-refractivity contribution in [1.82, 2.24) is 0 Å². The smallest absolute Gasteiger partial charge is 0.259 e. The summed E-state index contributed by atoms with van der Waals surface area (Å²) in [7, 11) is 0. The first-order chi connectivity index (χ1) is 17.5. The van der Waals surface area contributed by atoms with Crippen molar-refractivity contribution in [2.24, 2.45) is 4.99 Å². The Morgan fingerprint density at radius 3 is 2.28 bits per heavy atom. The highest BCUT2D eigenvalue weighted by Gasteiger charge is 2.32. The molecule has 3 heterocycles. The Kier molecular flexibility index (Phi) is 5.15. The van der Waals surface area contributed by atoms with Gasteiger partial charge >= 0.3 is 0 Å². The highest BCUT2D eigenvalue weighted by molar-refractivity contribution is 6.08. The lowest BCUT2D eigenvalue weighted by molar-refractivity contribution is 0.506. The van der Waals surface area contributed by atoms with Crippen molar-refractivity contribution < 1.29 is 13.6 Å². The van der Waals surface area contributed by atoms with Crippen LogP contribution in [0.2, 0.25) is 0 Å². The normalized spacial score (nSPS) is 15.1. The lowest BCUT2D eigenvalue weighted by Crippen LogP contribution is -2.10. The number of benzene rings is 3. The number of ether oxygens (including phenoxy) is 1. The van der Waals surface area contributed by atoms with Gasteiger partial charge in [-0.15, -0.1) is 0 Å². The summed E-state index contributed by atoms with van der Waals surface area (Å²) in [5.41, 5.74) is 3.85. The molecule has 3 aromatic carbocycles. The summed E-state index contributed by atoms with van der Waals surface area (Å²) < 4.78 is 17.9. The monoisotopic (exact) mass is 475 g/mol. The van der Waals surface area contributed by atoms with Crippen molar-refractivity contribution in [3.8, 4) is 0 Å². The van der Waals surface area contributed by atoms with Crippen LogP contribution in [-0.4, -0.2) is 5.90 Å². The molecule has 0 fully saturated rings. The minimum absolute atomic E-state index is 0.195. The Hall–Kier alpha value is -4.71. The Morgan fingerprint density at radius 1 is 0.833 bits per heavy atom. The van der Waals surface area contributed by atoms with E-state index < -0.39 is 0 Å². The molecule has 6 nitrogen and oxygen atoms in total. The molecule has 0 radical (unpaired) electrons. The topological polar surface area (TPSA) is 82.0 Å². The van der Waals surface area contributed by atoms with E-state index in [4.69, 9.17) is 13.6 Å². The summed E-state index contributed by atoms with van der Waals surface area (Å²) in [6.45, 7) is 4.17. The van der Waals surface area contributed by atoms with Gasteiger partial charge in [0.2, 0.25) is 11.2 Å². The van der Waals surface area contributed by atoms with Crippen LogP contribution in [0.15, 0.2) is 96.4 Å². The van der Waals surface area contributed by atoms with Crippen LogP contribution >= 0.6 is 0 Å². The summed E-state index contributed by atoms with van der Waals surface area (Å²) in [5.74, 6) is 0.647. The second-order valence-corrected chi connectivity index (χ2v) is 8.87. The molecule has 0 amide bonds. The van der Waals surface area contributed by atoms with Gasteiger partial charge < -0.3 is 13.6 Å². The average molecular weight is 476 g/mol. The Labute approximate surface area is 205 Å². The molecule has 0 aliphatic carbocycles. The fraction of sp³-hybridized carbons (Fsp3) is 0.100. The molecule has 0 unspecified atom stereocenters. The number of nitrogens with zero attached hydrogens (tertiary/aromatic N) is 1. The molecular weight excluding hydrogens is 454 g/mol. The van der Waals surface area contributed by atoms with Gasteiger partial charge in [-0.3, -0.25) is 9.59 Å². The zero-order valence-electron chi connectivity index (χ0n) is 19.7. The van der Waals surface area contributed by atoms with Crippen molar-refractivity contribution >= 4 is 39.7 Å². The van der Waals surface area contributed by atoms with Crippen LogP contribution in [0, 0.1) is 13.8 Å². The minimum atomic E-state index is -0.243. The predicted molar refractivity (Wildman–Crippen MR) is 140 cm³/mol. The van der Waals surface area contributed by atoms with Crippen molar-refractivity contribution in [2.45, 2.75) is 20.4 Å². The molecule has 5 aromatic rings. The third kappa shape index (κ3) is 3.73. The highest BCUT2D eigenvalue weighted by atomic mass is 16.5. The molecule has 0 bridgehead atoms. The number of rotatable bonds is 3. The lowest BCUT2D eigenvalue weighted by Gasteiger charge is -2.03. The third-order valence-corrected chi connectivity index (χ3v) is 6.18. The first-order valence-corrected chi connectivity index (χ1v) is 11.6. The molecule has 6 heteroatoms. The van der Waals surface area contributed by atoms with Crippen LogP contribution in [-0.2, 0) is 11.3 Å². The van der Waals surface area contributed by atoms with E-state index in [0.29, 0.717) is 28.5 Å². The van der Waals surface area contributed by atoms with Crippen LogP contribution < -0.4 is 10.9 Å². The van der Waals surface area contributed by atoms with Gasteiger partial charge in [0, 0.05) is 0 Å². The van der Waals surface area contributed by atoms with Crippen molar-refractivity contribution in [1.29, 1.82) is 0 Å². The first-order valence-electron chi connectivity index (χ1n) is 11.6. The number of aryl methyl sites for hydroxylation is 2. The molecule has 0 N–H and O–H groups in total. The van der Waals surface area contributed by atoms with E-state index in [9.17, 15) is 9.59 Å². The maximum atomic E-state index is 13.6. The molecule has 0 spiro atoms. The molecule has 1 aliphatic heterocycles. The maximum Gasteiger partial charge on any atom is 0.259 e. The van der Waals surface area contributed by atoms with Gasteiger partial charge in [0.25, 0.3) is 5.90 Å². The van der Waals surface area contributed by atoms with Crippen LogP contribution in [0.1, 0.15) is 33.6 Å². The zero-order valence-corrected chi connectivity index (χ0v) is 19.7. The fourth-order valence-electron chi connectivity index (χ4n) is 4.34. The van der Waals surface area contributed by atoms with E-state index in [2.05, 4.69) is 4.99 Å². The predicted octanol–water partition coefficient (Wildman–Crippen LogP) is 5.99. The highest BCUT2D eigenvalue weighted by Crippen LogP contribution is 2.32. The number of hydrogen-bond donors (Lipinski definition) is 0. The third-order valence-electron chi connectivity index (χ3n) is 6.18. The first kappa shape index (κ1) is 21.8. The zero-order chi connectivity index (χ0) is 24.8. The van der Waals surface area contributed by atoms with E-state index in [1.165, 1.54) is 12.3 Å². The quantitative estimate of drug-likeness (QED) is 0.320. The number of hydrogen-bond acceptors (Lipinski definition) is 6. The summed E-state index contributed by atoms with van der Waals surface area (Å²) in [6.07, 6.45) is 2.90. The van der Waals surface area contributed by atoms with Gasteiger partial charge in [-0.2, -0.15) is 0 Å². The van der Waals surface area contributed by atoms with Gasteiger partial charge in [0.15, 0.2) is 5.43 Å². The summed E-state index contributed by atoms with van der Waals surface area (Å²) in [5, 5.41) is 0.899. The average Bonchev–Trinajstić information content (AvgIpc) is 3.23. The van der Waals surface area contributed by atoms with E-state index in [1.807, 2.05) is 56.3 Å². The molecule has 0 saturated heterocycles. The van der Waals surface area contributed by atoms with Crippen LogP contribution in [0.4, 0.5) is 0 Å². The van der Waals surface area contributed by atoms with Gasteiger partial charge in [0.05, 0.1) is 22.9 Å². The summed E-state index contributed by atoms with van der Waals surface area (Å²) in [6, 6.07) is 20.6. The maximum absolute atomic E-state index is 13.6. The summed E-state index contributed by atoms with van der Waals surface area (Å²) >= 11 is 0. The van der Waals surface area contributed by atoms with Gasteiger partial charge in [-0.1, -0.05) is 53.6 Å². The van der Waals surface area contributed by atoms with Gasteiger partial charge in [0.1, 0.15) is 28.8 Å². The van der Waals surface area contributed by atoms with Crippen molar-refractivity contribution in [2.75, 3.05) is 0 Å². The molecule has 0 saturated carbocycles. The Morgan fingerprint density at radius 2 is 1.53 bits per heavy atom. The molecule has 0 atom stereocenters. The van der Waals surface area contributed by atoms with Crippen molar-refractivity contribution in [3.05, 3.63) is 127 Å². The van der Waals surface area contributed by atoms with Crippen LogP contribution in [0.3, 0.4) is 0 Å². The lowest BCUT2D eigenvalue weighted by atomic mass is 10.1. The number of aliphatic imine (C=N–C) groups is 1. The van der Waals surface area contributed by atoms with E-state index >= 15 is 0 Å². The molecule has 176 valence electrons. The second-order valence-electron chi connectivity index (χ2n) is 8.87. The molecular formula is C30H21NO5. The SMILES string of the molecule is Cc1ccc2occ(/C=C3\OC(=NCc4ccccc4)c4oc5ccc(C)cc5c(=O)c43)c(=O)c2c1. The molecule has 2 aromatic heterocycles. The van der Waals surface area contributed by atoms with Crippen LogP contribution in [0.25, 0.3) is 33.8 Å². The summed E-state index contributed by atoms with van der Waals surface area (Å²) in [4.78, 5) is 31.4.